The third kappa shape index (κ3) is 15.5. The van der Waals surface area contributed by atoms with Crippen molar-refractivity contribution in [3.63, 3.8) is 0 Å². The number of carbonyl (C=O) groups is 1. The molecule has 107 valence electrons. The zero-order chi connectivity index (χ0) is 13.5. The van der Waals surface area contributed by atoms with E-state index in [0.717, 1.165) is 6.42 Å². The van der Waals surface area contributed by atoms with Crippen LogP contribution >= 0.6 is 0 Å². The summed E-state index contributed by atoms with van der Waals surface area (Å²) in [6.07, 6.45) is 15.9. The van der Waals surface area contributed by atoms with Gasteiger partial charge < -0.3 is 4.74 Å². The zero-order valence-corrected chi connectivity index (χ0v) is 12.2. The van der Waals surface area contributed by atoms with Crippen molar-refractivity contribution < 1.29 is 9.53 Å². The van der Waals surface area contributed by atoms with Crippen LogP contribution in [0.1, 0.15) is 84.0 Å². The smallest absolute Gasteiger partial charge is 0.306 e. The van der Waals surface area contributed by atoms with Crippen LogP contribution in [0.25, 0.3) is 0 Å². The minimum atomic E-state index is -0.405. The predicted molar refractivity (Wildman–Crippen MR) is 77.4 cm³/mol. The van der Waals surface area contributed by atoms with Crippen molar-refractivity contribution in [1.82, 2.24) is 0 Å². The van der Waals surface area contributed by atoms with Crippen molar-refractivity contribution in [3.8, 4) is 0 Å². The standard InChI is InChI=1S/C16H31O2/c1-3-4-5-6-7-8-9-10-11-12-13-14-15-18-16(2)17/h2-15H2,1H3. The van der Waals surface area contributed by atoms with Crippen molar-refractivity contribution in [2.24, 2.45) is 0 Å². The molecule has 0 unspecified atom stereocenters. The summed E-state index contributed by atoms with van der Waals surface area (Å²) in [6, 6.07) is 0. The highest BCUT2D eigenvalue weighted by Gasteiger charge is 1.95. The second kappa shape index (κ2) is 14.5. The van der Waals surface area contributed by atoms with Crippen LogP contribution in [0.2, 0.25) is 0 Å². The van der Waals surface area contributed by atoms with Crippen molar-refractivity contribution in [3.05, 3.63) is 6.92 Å². The Balaban J connectivity index is 2.92. The summed E-state index contributed by atoms with van der Waals surface area (Å²) < 4.78 is 4.78. The molecule has 0 aromatic rings. The van der Waals surface area contributed by atoms with E-state index in [2.05, 4.69) is 13.8 Å². The minimum Gasteiger partial charge on any atom is -0.466 e. The molecule has 0 aliphatic carbocycles. The van der Waals surface area contributed by atoms with Gasteiger partial charge in [-0.15, -0.1) is 0 Å². The van der Waals surface area contributed by atoms with Crippen LogP contribution in [-0.2, 0) is 9.53 Å². The fourth-order valence-electron chi connectivity index (χ4n) is 2.13. The summed E-state index contributed by atoms with van der Waals surface area (Å²) in [5, 5.41) is 0. The lowest BCUT2D eigenvalue weighted by atomic mass is 10.1. The number of rotatable bonds is 13. The quantitative estimate of drug-likeness (QED) is 0.339. The first-order chi connectivity index (χ1) is 8.77. The molecule has 0 heterocycles. The maximum Gasteiger partial charge on any atom is 0.306 e. The van der Waals surface area contributed by atoms with Gasteiger partial charge in [0, 0.05) is 0 Å². The van der Waals surface area contributed by atoms with E-state index in [0.29, 0.717) is 6.61 Å². The fourth-order valence-corrected chi connectivity index (χ4v) is 2.13. The van der Waals surface area contributed by atoms with Crippen LogP contribution < -0.4 is 0 Å². The van der Waals surface area contributed by atoms with Crippen LogP contribution in [0, 0.1) is 6.92 Å². The van der Waals surface area contributed by atoms with E-state index < -0.39 is 5.97 Å². The molecule has 1 radical (unpaired) electrons. The first-order valence-electron chi connectivity index (χ1n) is 7.76. The molecular formula is C16H31O2. The summed E-state index contributed by atoms with van der Waals surface area (Å²) in [5.41, 5.74) is 0. The third-order valence-corrected chi connectivity index (χ3v) is 3.26. The van der Waals surface area contributed by atoms with E-state index in [4.69, 9.17) is 4.74 Å². The normalized spacial score (nSPS) is 10.6. The molecule has 0 aliphatic rings. The van der Waals surface area contributed by atoms with E-state index in [-0.39, 0.29) is 0 Å². The number of esters is 1. The van der Waals surface area contributed by atoms with Crippen LogP contribution in [0.3, 0.4) is 0 Å². The van der Waals surface area contributed by atoms with Crippen LogP contribution in [-0.4, -0.2) is 12.6 Å². The molecule has 0 aliphatic heterocycles. The average molecular weight is 255 g/mol. The Hall–Kier alpha value is -0.530. The van der Waals surface area contributed by atoms with Gasteiger partial charge in [-0.05, 0) is 6.42 Å². The van der Waals surface area contributed by atoms with Gasteiger partial charge in [0.15, 0.2) is 0 Å². The van der Waals surface area contributed by atoms with Gasteiger partial charge in [-0.2, -0.15) is 0 Å². The Morgan fingerprint density at radius 3 is 1.56 bits per heavy atom. The number of hydrogen-bond donors (Lipinski definition) is 0. The highest BCUT2D eigenvalue weighted by Crippen LogP contribution is 2.11. The lowest BCUT2D eigenvalue weighted by molar-refractivity contribution is -0.138. The van der Waals surface area contributed by atoms with Gasteiger partial charge in [0.2, 0.25) is 0 Å². The molecule has 0 saturated heterocycles. The first kappa shape index (κ1) is 17.5. The van der Waals surface area contributed by atoms with Gasteiger partial charge in [0.1, 0.15) is 0 Å². The Morgan fingerprint density at radius 2 is 1.17 bits per heavy atom. The van der Waals surface area contributed by atoms with Crippen molar-refractivity contribution in [1.29, 1.82) is 0 Å². The molecule has 0 saturated carbocycles. The number of carbonyl (C=O) groups excluding carboxylic acids is 1. The van der Waals surface area contributed by atoms with Crippen molar-refractivity contribution >= 4 is 5.97 Å². The summed E-state index contributed by atoms with van der Waals surface area (Å²) in [6.45, 7) is 5.97. The number of ether oxygens (including phenoxy) is 1. The van der Waals surface area contributed by atoms with E-state index in [1.165, 1.54) is 70.6 Å². The molecule has 2 heteroatoms. The molecule has 2 nitrogen and oxygen atoms in total. The summed E-state index contributed by atoms with van der Waals surface area (Å²) in [4.78, 5) is 10.4. The first-order valence-corrected chi connectivity index (χ1v) is 7.76. The summed E-state index contributed by atoms with van der Waals surface area (Å²) in [7, 11) is 0. The molecule has 0 spiro atoms. The Kier molecular flexibility index (Phi) is 14.1. The van der Waals surface area contributed by atoms with Gasteiger partial charge in [-0.1, -0.05) is 77.6 Å². The minimum absolute atomic E-state index is 0.405. The summed E-state index contributed by atoms with van der Waals surface area (Å²) >= 11 is 0. The average Bonchev–Trinajstić information content (AvgIpc) is 2.34. The van der Waals surface area contributed by atoms with Crippen LogP contribution in [0.5, 0.6) is 0 Å². The Morgan fingerprint density at radius 1 is 0.778 bits per heavy atom. The lowest BCUT2D eigenvalue weighted by Crippen LogP contribution is -2.00. The second-order valence-corrected chi connectivity index (χ2v) is 5.11. The maximum atomic E-state index is 10.4. The van der Waals surface area contributed by atoms with Crippen LogP contribution in [0.4, 0.5) is 0 Å². The largest absolute Gasteiger partial charge is 0.466 e. The van der Waals surface area contributed by atoms with Crippen LogP contribution in [0.15, 0.2) is 0 Å². The SMILES string of the molecule is [CH2]C(=O)OCCCCCCCCCCCCCC. The highest BCUT2D eigenvalue weighted by atomic mass is 16.5. The molecule has 0 aromatic heterocycles. The van der Waals surface area contributed by atoms with E-state index in [1.54, 1.807) is 0 Å². The third-order valence-electron chi connectivity index (χ3n) is 3.26. The van der Waals surface area contributed by atoms with Gasteiger partial charge in [0.25, 0.3) is 0 Å². The predicted octanol–water partition coefficient (Wildman–Crippen LogP) is 5.06. The summed E-state index contributed by atoms with van der Waals surface area (Å²) in [5.74, 6) is -0.405. The Bertz CT molecular complexity index is 178. The molecule has 0 N–H and O–H groups in total. The Labute approximate surface area is 113 Å². The molecule has 0 amide bonds. The van der Waals surface area contributed by atoms with E-state index in [1.807, 2.05) is 0 Å². The van der Waals surface area contributed by atoms with Crippen molar-refractivity contribution in [2.45, 2.75) is 84.0 Å². The molecule has 18 heavy (non-hydrogen) atoms. The van der Waals surface area contributed by atoms with E-state index >= 15 is 0 Å². The van der Waals surface area contributed by atoms with Crippen molar-refractivity contribution in [2.75, 3.05) is 6.61 Å². The molecule has 0 fully saturated rings. The van der Waals surface area contributed by atoms with Gasteiger partial charge in [0.05, 0.1) is 13.5 Å². The van der Waals surface area contributed by atoms with Gasteiger partial charge >= 0.3 is 5.97 Å². The van der Waals surface area contributed by atoms with Gasteiger partial charge in [-0.25, -0.2) is 0 Å². The monoisotopic (exact) mass is 255 g/mol. The van der Waals surface area contributed by atoms with E-state index in [9.17, 15) is 4.79 Å². The zero-order valence-electron chi connectivity index (χ0n) is 12.2. The molecule has 0 bridgehead atoms. The highest BCUT2D eigenvalue weighted by molar-refractivity contribution is 5.73. The van der Waals surface area contributed by atoms with Gasteiger partial charge in [-0.3, -0.25) is 4.79 Å². The topological polar surface area (TPSA) is 26.3 Å². The second-order valence-electron chi connectivity index (χ2n) is 5.11. The maximum absolute atomic E-state index is 10.4. The number of hydrogen-bond acceptors (Lipinski definition) is 2. The molecule has 0 atom stereocenters. The lowest BCUT2D eigenvalue weighted by Gasteiger charge is -2.03. The molecule has 0 rings (SSSR count). The molecular weight excluding hydrogens is 224 g/mol. The number of unbranched alkanes of at least 4 members (excludes halogenated alkanes) is 11. The molecule has 0 aromatic carbocycles. The fraction of sp³-hybridized carbons (Fsp3) is 0.875.